The topological polar surface area (TPSA) is 78.0 Å². The summed E-state index contributed by atoms with van der Waals surface area (Å²) in [4.78, 5) is 28.7. The second-order valence-corrected chi connectivity index (χ2v) is 9.27. The van der Waals surface area contributed by atoms with Crippen molar-refractivity contribution in [1.82, 2.24) is 14.1 Å². The highest BCUT2D eigenvalue weighted by Crippen LogP contribution is 2.46. The molecule has 3 heterocycles. The van der Waals surface area contributed by atoms with Gasteiger partial charge in [0.05, 0.1) is 11.7 Å². The van der Waals surface area contributed by atoms with Crippen LogP contribution in [-0.4, -0.2) is 79.4 Å². The van der Waals surface area contributed by atoms with Gasteiger partial charge in [0.2, 0.25) is 21.8 Å². The molecule has 2 amide bonds. The van der Waals surface area contributed by atoms with Gasteiger partial charge in [-0.1, -0.05) is 0 Å². The van der Waals surface area contributed by atoms with Crippen LogP contribution in [0, 0.1) is 5.41 Å². The van der Waals surface area contributed by atoms with E-state index in [-0.39, 0.29) is 17.9 Å². The zero-order chi connectivity index (χ0) is 17.5. The maximum Gasteiger partial charge on any atom is 0.230 e. The van der Waals surface area contributed by atoms with E-state index >= 15 is 0 Å². The van der Waals surface area contributed by atoms with Crippen molar-refractivity contribution in [3.8, 4) is 0 Å². The molecule has 2 atom stereocenters. The molecular weight excluding hydrogens is 330 g/mol. The van der Waals surface area contributed by atoms with Crippen LogP contribution in [-0.2, 0) is 19.6 Å². The van der Waals surface area contributed by atoms with Crippen molar-refractivity contribution >= 4 is 21.8 Å². The highest BCUT2D eigenvalue weighted by Gasteiger charge is 2.57. The molecule has 0 saturated carbocycles. The van der Waals surface area contributed by atoms with Gasteiger partial charge in [0.15, 0.2) is 0 Å². The van der Waals surface area contributed by atoms with Crippen LogP contribution in [0.3, 0.4) is 0 Å². The number of amides is 2. The Labute approximate surface area is 144 Å². The van der Waals surface area contributed by atoms with E-state index in [0.29, 0.717) is 38.9 Å². The van der Waals surface area contributed by atoms with Gasteiger partial charge in [0.1, 0.15) is 0 Å². The summed E-state index contributed by atoms with van der Waals surface area (Å²) in [6, 6.07) is -0.329. The molecule has 0 aliphatic carbocycles. The summed E-state index contributed by atoms with van der Waals surface area (Å²) in [5.41, 5.74) is -0.669. The van der Waals surface area contributed by atoms with Gasteiger partial charge in [-0.05, 0) is 32.1 Å². The van der Waals surface area contributed by atoms with Gasteiger partial charge in [0.25, 0.3) is 0 Å². The molecule has 0 N–H and O–H groups in total. The van der Waals surface area contributed by atoms with Crippen LogP contribution in [0.4, 0.5) is 0 Å². The molecule has 8 heteroatoms. The van der Waals surface area contributed by atoms with Crippen LogP contribution in [0.1, 0.15) is 39.0 Å². The van der Waals surface area contributed by atoms with Crippen LogP contribution in [0.5, 0.6) is 0 Å². The highest BCUT2D eigenvalue weighted by molar-refractivity contribution is 7.88. The van der Waals surface area contributed by atoms with Crippen LogP contribution in [0.2, 0.25) is 0 Å². The number of carbonyl (C=O) groups is 2. The Kier molecular flexibility index (Phi) is 4.63. The van der Waals surface area contributed by atoms with Gasteiger partial charge in [-0.3, -0.25) is 9.59 Å². The third-order valence-electron chi connectivity index (χ3n) is 5.95. The lowest BCUT2D eigenvalue weighted by Gasteiger charge is -2.37. The summed E-state index contributed by atoms with van der Waals surface area (Å²) in [5.74, 6) is 0.0891. The SMILES string of the molecule is CC(=O)N1CC[C@H]2N(S(C)(=O)=O)CC[C@@]2(C(=O)N2CCCC2)CC1. The van der Waals surface area contributed by atoms with Crippen LogP contribution < -0.4 is 0 Å². The Morgan fingerprint density at radius 1 is 0.958 bits per heavy atom. The lowest BCUT2D eigenvalue weighted by Crippen LogP contribution is -2.51. The fourth-order valence-electron chi connectivity index (χ4n) is 4.65. The minimum absolute atomic E-state index is 0.00958. The summed E-state index contributed by atoms with van der Waals surface area (Å²) in [5, 5.41) is 0. The normalized spacial score (nSPS) is 31.8. The maximum atomic E-state index is 13.3. The fourth-order valence-corrected chi connectivity index (χ4v) is 5.84. The molecule has 3 fully saturated rings. The first-order valence-electron chi connectivity index (χ1n) is 8.77. The number of hydrogen-bond donors (Lipinski definition) is 0. The third kappa shape index (κ3) is 2.94. The Bertz CT molecular complexity index is 629. The Morgan fingerprint density at radius 2 is 1.58 bits per heavy atom. The lowest BCUT2D eigenvalue weighted by atomic mass is 9.75. The molecule has 136 valence electrons. The van der Waals surface area contributed by atoms with E-state index in [1.165, 1.54) is 17.5 Å². The minimum atomic E-state index is -3.36. The number of likely N-dealkylation sites (tertiary alicyclic amines) is 2. The molecule has 0 unspecified atom stereocenters. The minimum Gasteiger partial charge on any atom is -0.343 e. The first-order valence-corrected chi connectivity index (χ1v) is 10.6. The Balaban J connectivity index is 1.95. The van der Waals surface area contributed by atoms with Crippen molar-refractivity contribution in [2.24, 2.45) is 5.41 Å². The van der Waals surface area contributed by atoms with Gasteiger partial charge in [0, 0.05) is 45.7 Å². The predicted octanol–water partition coefficient (Wildman–Crippen LogP) is 0.271. The highest BCUT2D eigenvalue weighted by atomic mass is 32.2. The molecule has 0 aromatic heterocycles. The van der Waals surface area contributed by atoms with Crippen LogP contribution in [0.25, 0.3) is 0 Å². The number of hydrogen-bond acceptors (Lipinski definition) is 4. The molecular formula is C16H27N3O4S. The molecule has 24 heavy (non-hydrogen) atoms. The second kappa shape index (κ2) is 6.29. The van der Waals surface area contributed by atoms with E-state index in [4.69, 9.17) is 0 Å². The predicted molar refractivity (Wildman–Crippen MR) is 89.7 cm³/mol. The average molecular weight is 357 g/mol. The molecule has 0 radical (unpaired) electrons. The first kappa shape index (κ1) is 17.7. The molecule has 0 aromatic carbocycles. The zero-order valence-corrected chi connectivity index (χ0v) is 15.3. The van der Waals surface area contributed by atoms with Gasteiger partial charge in [-0.25, -0.2) is 8.42 Å². The summed E-state index contributed by atoms with van der Waals surface area (Å²) in [6.07, 6.45) is 4.90. The van der Waals surface area contributed by atoms with Gasteiger partial charge in [-0.15, -0.1) is 0 Å². The summed E-state index contributed by atoms with van der Waals surface area (Å²) < 4.78 is 25.9. The van der Waals surface area contributed by atoms with E-state index in [2.05, 4.69) is 0 Å². The second-order valence-electron chi connectivity index (χ2n) is 7.34. The van der Waals surface area contributed by atoms with Crippen molar-refractivity contribution in [2.45, 2.75) is 45.1 Å². The lowest BCUT2D eigenvalue weighted by molar-refractivity contribution is -0.142. The van der Waals surface area contributed by atoms with Crippen molar-refractivity contribution in [2.75, 3.05) is 39.0 Å². The van der Waals surface area contributed by atoms with Crippen molar-refractivity contribution in [3.05, 3.63) is 0 Å². The van der Waals surface area contributed by atoms with E-state index in [1.807, 2.05) is 4.90 Å². The monoisotopic (exact) mass is 357 g/mol. The van der Waals surface area contributed by atoms with E-state index in [1.54, 1.807) is 4.90 Å². The summed E-state index contributed by atoms with van der Waals surface area (Å²) >= 11 is 0. The molecule has 0 aromatic rings. The Hall–Kier alpha value is -1.15. The van der Waals surface area contributed by atoms with Crippen LogP contribution in [0.15, 0.2) is 0 Å². The van der Waals surface area contributed by atoms with Gasteiger partial charge in [-0.2, -0.15) is 4.31 Å². The third-order valence-corrected chi connectivity index (χ3v) is 7.24. The number of nitrogens with zero attached hydrogens (tertiary/aromatic N) is 3. The molecule has 0 bridgehead atoms. The standard InChI is InChI=1S/C16H27N3O4S/c1-13(20)17-10-5-14-16(6-11-17,7-12-19(14)24(2,22)23)15(21)18-8-3-4-9-18/h14H,3-12H2,1-2H3/t14-,16+/m1/s1. The smallest absolute Gasteiger partial charge is 0.230 e. The fraction of sp³-hybridized carbons (Fsp3) is 0.875. The van der Waals surface area contributed by atoms with Crippen molar-refractivity contribution in [3.63, 3.8) is 0 Å². The maximum absolute atomic E-state index is 13.3. The van der Waals surface area contributed by atoms with Crippen molar-refractivity contribution in [1.29, 1.82) is 0 Å². The summed E-state index contributed by atoms with van der Waals surface area (Å²) in [7, 11) is -3.36. The number of carbonyl (C=O) groups excluding carboxylic acids is 2. The van der Waals surface area contributed by atoms with Crippen molar-refractivity contribution < 1.29 is 18.0 Å². The first-order chi connectivity index (χ1) is 11.3. The molecule has 3 rings (SSSR count). The largest absolute Gasteiger partial charge is 0.343 e. The van der Waals surface area contributed by atoms with E-state index in [9.17, 15) is 18.0 Å². The molecule has 3 saturated heterocycles. The molecule has 7 nitrogen and oxygen atoms in total. The average Bonchev–Trinajstić information content (AvgIpc) is 3.11. The molecule has 3 aliphatic heterocycles. The van der Waals surface area contributed by atoms with Gasteiger partial charge < -0.3 is 9.80 Å². The quantitative estimate of drug-likeness (QED) is 0.711. The Morgan fingerprint density at radius 3 is 2.17 bits per heavy atom. The van der Waals surface area contributed by atoms with Crippen LogP contribution >= 0.6 is 0 Å². The molecule has 0 spiro atoms. The van der Waals surface area contributed by atoms with E-state index < -0.39 is 15.4 Å². The van der Waals surface area contributed by atoms with Gasteiger partial charge >= 0.3 is 0 Å². The zero-order valence-electron chi connectivity index (χ0n) is 14.5. The number of rotatable bonds is 2. The number of fused-ring (bicyclic) bond motifs is 1. The number of sulfonamides is 1. The molecule has 3 aliphatic rings. The van der Waals surface area contributed by atoms with E-state index in [0.717, 1.165) is 25.9 Å². The summed E-state index contributed by atoms with van der Waals surface area (Å²) in [6.45, 7) is 4.52.